The lowest BCUT2D eigenvalue weighted by Crippen LogP contribution is -2.18. The van der Waals surface area contributed by atoms with Crippen LogP contribution in [0.2, 0.25) is 0 Å². The number of carbonyl (C=O) groups is 1. The van der Waals surface area contributed by atoms with Gasteiger partial charge >= 0.3 is 5.97 Å². The average Bonchev–Trinajstić information content (AvgIpc) is 2.25. The molecule has 0 aromatic carbocycles. The summed E-state index contributed by atoms with van der Waals surface area (Å²) in [7, 11) is -2.17. The van der Waals surface area contributed by atoms with E-state index in [1.165, 1.54) is 0 Å². The van der Waals surface area contributed by atoms with E-state index in [9.17, 15) is 9.36 Å². The summed E-state index contributed by atoms with van der Waals surface area (Å²) in [6, 6.07) is 0. The summed E-state index contributed by atoms with van der Waals surface area (Å²) in [5, 5.41) is 0. The third kappa shape index (κ3) is 4.38. The van der Waals surface area contributed by atoms with Gasteiger partial charge in [0.15, 0.2) is 0 Å². The van der Waals surface area contributed by atoms with E-state index in [1.807, 2.05) is 20.8 Å². The zero-order chi connectivity index (χ0) is 11.9. The van der Waals surface area contributed by atoms with Gasteiger partial charge in [-0.25, -0.2) is 0 Å². The van der Waals surface area contributed by atoms with E-state index >= 15 is 0 Å². The lowest BCUT2D eigenvalue weighted by molar-refractivity contribution is -0.143. The monoisotopic (exact) mass is 234 g/mol. The second-order valence-corrected chi connectivity index (χ2v) is 7.56. The number of hydrogen-bond donors (Lipinski definition) is 0. The molecule has 0 aliphatic carbocycles. The standard InChI is InChI=1S/C11H23O3P/c1-5-10(9-11(12)14-6-2)15(13,7-3)8-4/h10H,5-9H2,1-4H3. The molecule has 0 aliphatic heterocycles. The van der Waals surface area contributed by atoms with Crippen LogP contribution in [0, 0.1) is 0 Å². The average molecular weight is 234 g/mol. The maximum Gasteiger partial charge on any atom is 0.306 e. The molecule has 0 fully saturated rings. The molecule has 0 saturated carbocycles. The van der Waals surface area contributed by atoms with Gasteiger partial charge in [-0.2, -0.15) is 0 Å². The molecule has 0 aromatic rings. The number of carbonyl (C=O) groups excluding carboxylic acids is 1. The normalized spacial score (nSPS) is 13.6. The Balaban J connectivity index is 4.48. The van der Waals surface area contributed by atoms with E-state index < -0.39 is 7.14 Å². The highest BCUT2D eigenvalue weighted by molar-refractivity contribution is 7.64. The van der Waals surface area contributed by atoms with E-state index in [2.05, 4.69) is 0 Å². The molecule has 0 radical (unpaired) electrons. The first-order valence-corrected chi connectivity index (χ1v) is 7.92. The molecule has 0 amide bonds. The van der Waals surface area contributed by atoms with E-state index in [0.29, 0.717) is 25.4 Å². The molecule has 3 nitrogen and oxygen atoms in total. The SMILES string of the molecule is CCOC(=O)CC(CC)P(=O)(CC)CC. The molecule has 90 valence electrons. The number of hydrogen-bond acceptors (Lipinski definition) is 3. The summed E-state index contributed by atoms with van der Waals surface area (Å²) < 4.78 is 17.3. The van der Waals surface area contributed by atoms with Gasteiger partial charge in [0.1, 0.15) is 0 Å². The van der Waals surface area contributed by atoms with Gasteiger partial charge in [-0.15, -0.1) is 0 Å². The van der Waals surface area contributed by atoms with Crippen LogP contribution in [0.4, 0.5) is 0 Å². The largest absolute Gasteiger partial charge is 0.466 e. The van der Waals surface area contributed by atoms with Crippen LogP contribution in [-0.4, -0.2) is 30.6 Å². The molecule has 0 N–H and O–H groups in total. The molecular weight excluding hydrogens is 211 g/mol. The van der Waals surface area contributed by atoms with Crippen molar-refractivity contribution in [1.29, 1.82) is 0 Å². The fourth-order valence-electron chi connectivity index (χ4n) is 1.80. The second-order valence-electron chi connectivity index (χ2n) is 3.66. The zero-order valence-corrected chi connectivity index (χ0v) is 11.2. The molecule has 0 aromatic heterocycles. The van der Waals surface area contributed by atoms with Crippen molar-refractivity contribution in [2.24, 2.45) is 0 Å². The van der Waals surface area contributed by atoms with Crippen molar-refractivity contribution in [3.63, 3.8) is 0 Å². The van der Waals surface area contributed by atoms with Crippen molar-refractivity contribution < 1.29 is 14.1 Å². The second kappa shape index (κ2) is 7.05. The lowest BCUT2D eigenvalue weighted by Gasteiger charge is -2.24. The van der Waals surface area contributed by atoms with Crippen LogP contribution >= 0.6 is 7.14 Å². The quantitative estimate of drug-likeness (QED) is 0.502. The van der Waals surface area contributed by atoms with E-state index in [0.717, 1.165) is 6.42 Å². The van der Waals surface area contributed by atoms with Crippen molar-refractivity contribution >= 4 is 13.1 Å². The highest BCUT2D eigenvalue weighted by atomic mass is 31.2. The Hall–Kier alpha value is -0.300. The van der Waals surface area contributed by atoms with Gasteiger partial charge in [-0.05, 0) is 25.7 Å². The Bertz CT molecular complexity index is 230. The molecule has 0 saturated heterocycles. The Kier molecular flexibility index (Phi) is 6.91. The molecule has 1 atom stereocenters. The first kappa shape index (κ1) is 14.7. The molecule has 1 unspecified atom stereocenters. The minimum atomic E-state index is -2.17. The summed E-state index contributed by atoms with van der Waals surface area (Å²) in [4.78, 5) is 11.3. The Morgan fingerprint density at radius 2 is 1.73 bits per heavy atom. The van der Waals surface area contributed by atoms with Crippen LogP contribution in [0.3, 0.4) is 0 Å². The van der Waals surface area contributed by atoms with Gasteiger partial charge in [-0.3, -0.25) is 4.79 Å². The fourth-order valence-corrected chi connectivity index (χ4v) is 4.42. The molecule has 0 bridgehead atoms. The van der Waals surface area contributed by atoms with Crippen LogP contribution in [-0.2, 0) is 14.1 Å². The fraction of sp³-hybridized carbons (Fsp3) is 0.909. The van der Waals surface area contributed by atoms with Crippen LogP contribution in [0.25, 0.3) is 0 Å². The zero-order valence-electron chi connectivity index (χ0n) is 10.3. The summed E-state index contributed by atoms with van der Waals surface area (Å²) >= 11 is 0. The molecule has 0 spiro atoms. The van der Waals surface area contributed by atoms with Crippen molar-refractivity contribution in [3.05, 3.63) is 0 Å². The van der Waals surface area contributed by atoms with Gasteiger partial charge in [0, 0.05) is 5.66 Å². The first-order valence-electron chi connectivity index (χ1n) is 5.77. The van der Waals surface area contributed by atoms with Gasteiger partial charge < -0.3 is 9.30 Å². The van der Waals surface area contributed by atoms with Crippen LogP contribution in [0.1, 0.15) is 40.5 Å². The van der Waals surface area contributed by atoms with E-state index in [-0.39, 0.29) is 11.6 Å². The Morgan fingerprint density at radius 3 is 2.07 bits per heavy atom. The molecule has 0 rings (SSSR count). The summed E-state index contributed by atoms with van der Waals surface area (Å²) in [5.74, 6) is -0.216. The van der Waals surface area contributed by atoms with Crippen molar-refractivity contribution in [2.45, 2.75) is 46.2 Å². The topological polar surface area (TPSA) is 43.4 Å². The predicted molar refractivity (Wildman–Crippen MR) is 64.0 cm³/mol. The van der Waals surface area contributed by atoms with Crippen molar-refractivity contribution in [2.75, 3.05) is 18.9 Å². The Labute approximate surface area is 93.0 Å². The smallest absolute Gasteiger partial charge is 0.306 e. The highest BCUT2D eigenvalue weighted by Gasteiger charge is 2.30. The highest BCUT2D eigenvalue weighted by Crippen LogP contribution is 2.52. The molecule has 15 heavy (non-hydrogen) atoms. The van der Waals surface area contributed by atoms with Gasteiger partial charge in [-0.1, -0.05) is 20.8 Å². The molecule has 4 heteroatoms. The Morgan fingerprint density at radius 1 is 1.20 bits per heavy atom. The van der Waals surface area contributed by atoms with Crippen LogP contribution in [0.5, 0.6) is 0 Å². The maximum atomic E-state index is 12.4. The molecule has 0 heterocycles. The number of esters is 1. The van der Waals surface area contributed by atoms with Crippen LogP contribution < -0.4 is 0 Å². The first-order chi connectivity index (χ1) is 7.03. The van der Waals surface area contributed by atoms with Crippen molar-refractivity contribution in [3.8, 4) is 0 Å². The molecular formula is C11H23O3P. The van der Waals surface area contributed by atoms with Gasteiger partial charge in [0.2, 0.25) is 0 Å². The van der Waals surface area contributed by atoms with Gasteiger partial charge in [0.25, 0.3) is 0 Å². The summed E-state index contributed by atoms with van der Waals surface area (Å²) in [6.45, 7) is 8.06. The van der Waals surface area contributed by atoms with Gasteiger partial charge in [0.05, 0.1) is 20.2 Å². The maximum absolute atomic E-state index is 12.4. The van der Waals surface area contributed by atoms with E-state index in [4.69, 9.17) is 4.74 Å². The van der Waals surface area contributed by atoms with E-state index in [1.54, 1.807) is 6.92 Å². The lowest BCUT2D eigenvalue weighted by atomic mass is 10.2. The minimum Gasteiger partial charge on any atom is -0.466 e. The minimum absolute atomic E-state index is 0.00606. The number of rotatable bonds is 7. The predicted octanol–water partition coefficient (Wildman–Crippen LogP) is 3.12. The number of ether oxygens (including phenoxy) is 1. The third-order valence-electron chi connectivity index (χ3n) is 2.91. The third-order valence-corrected chi connectivity index (χ3v) is 6.93. The summed E-state index contributed by atoms with van der Waals surface area (Å²) in [6.07, 6.45) is 2.46. The van der Waals surface area contributed by atoms with Crippen molar-refractivity contribution in [1.82, 2.24) is 0 Å². The molecule has 0 aliphatic rings. The summed E-state index contributed by atoms with van der Waals surface area (Å²) in [5.41, 5.74) is 0.00606. The van der Waals surface area contributed by atoms with Crippen LogP contribution in [0.15, 0.2) is 0 Å².